The molecule has 10 heteroatoms. The number of benzene rings is 1. The Morgan fingerprint density at radius 3 is 2.48 bits per heavy atom. The van der Waals surface area contributed by atoms with Crippen LogP contribution in [0.5, 0.6) is 0 Å². The number of fused-ring (bicyclic) bond motifs is 1. The number of aromatic nitrogens is 4. The lowest BCUT2D eigenvalue weighted by molar-refractivity contribution is -0.137. The van der Waals surface area contributed by atoms with Crippen LogP contribution in [-0.2, 0) is 6.18 Å². The molecule has 0 radical (unpaired) electrons. The Bertz CT molecular complexity index is 1370. The van der Waals surface area contributed by atoms with E-state index in [0.29, 0.717) is 17.3 Å². The highest BCUT2D eigenvalue weighted by atomic mass is 19.4. The Hall–Kier alpha value is -4.08. The number of nitrogens with one attached hydrogen (secondary N) is 2. The molecule has 0 aliphatic rings. The summed E-state index contributed by atoms with van der Waals surface area (Å²) in [5.74, 6) is -0.275. The molecule has 0 unspecified atom stereocenters. The lowest BCUT2D eigenvalue weighted by Gasteiger charge is -2.13. The molecular weight excluding hydrogens is 433 g/mol. The van der Waals surface area contributed by atoms with E-state index in [1.54, 1.807) is 25.4 Å². The van der Waals surface area contributed by atoms with E-state index < -0.39 is 17.6 Å². The van der Waals surface area contributed by atoms with Crippen LogP contribution in [-0.4, -0.2) is 32.9 Å². The summed E-state index contributed by atoms with van der Waals surface area (Å²) in [7, 11) is 1.72. The third-order valence-electron chi connectivity index (χ3n) is 5.09. The third-order valence-corrected chi connectivity index (χ3v) is 5.09. The van der Waals surface area contributed by atoms with E-state index in [1.807, 2.05) is 26.0 Å². The average molecular weight is 452 g/mol. The lowest BCUT2D eigenvalue weighted by atomic mass is 9.98. The number of anilines is 2. The van der Waals surface area contributed by atoms with Crippen molar-refractivity contribution in [1.29, 1.82) is 0 Å². The summed E-state index contributed by atoms with van der Waals surface area (Å²) < 4.78 is 38.9. The minimum Gasteiger partial charge on any atom is -0.357 e. The Balaban J connectivity index is 1.68. The van der Waals surface area contributed by atoms with Crippen molar-refractivity contribution < 1.29 is 18.0 Å². The second-order valence-corrected chi connectivity index (χ2v) is 7.39. The van der Waals surface area contributed by atoms with Gasteiger partial charge in [0.25, 0.3) is 5.91 Å². The predicted octanol–water partition coefficient (Wildman–Crippen LogP) is 5.02. The molecule has 0 atom stereocenters. The summed E-state index contributed by atoms with van der Waals surface area (Å²) in [4.78, 5) is 29.5. The number of hydrogen-bond acceptors (Lipinski definition) is 6. The second-order valence-electron chi connectivity index (χ2n) is 7.39. The highest BCUT2D eigenvalue weighted by Gasteiger charge is 2.31. The molecule has 3 aromatic heterocycles. The van der Waals surface area contributed by atoms with Crippen LogP contribution in [0.2, 0.25) is 0 Å². The van der Waals surface area contributed by atoms with Crippen LogP contribution < -0.4 is 10.6 Å². The van der Waals surface area contributed by atoms with E-state index in [2.05, 4.69) is 30.6 Å². The predicted molar refractivity (Wildman–Crippen MR) is 119 cm³/mol. The van der Waals surface area contributed by atoms with Crippen LogP contribution >= 0.6 is 0 Å². The molecule has 33 heavy (non-hydrogen) atoms. The van der Waals surface area contributed by atoms with Gasteiger partial charge >= 0.3 is 6.18 Å². The number of amides is 1. The van der Waals surface area contributed by atoms with Gasteiger partial charge in [0.2, 0.25) is 5.95 Å². The Morgan fingerprint density at radius 2 is 1.76 bits per heavy atom. The second kappa shape index (κ2) is 8.45. The fourth-order valence-corrected chi connectivity index (χ4v) is 3.36. The molecule has 0 aliphatic heterocycles. The number of alkyl halides is 3. The van der Waals surface area contributed by atoms with Crippen molar-refractivity contribution in [1.82, 2.24) is 19.9 Å². The van der Waals surface area contributed by atoms with Gasteiger partial charge in [0.15, 0.2) is 5.65 Å². The number of carbonyl (C=O) groups is 1. The highest BCUT2D eigenvalue weighted by molar-refractivity contribution is 6.03. The number of nitrogens with zero attached hydrogens (tertiary/aromatic N) is 4. The maximum absolute atomic E-state index is 13.0. The van der Waals surface area contributed by atoms with E-state index in [4.69, 9.17) is 0 Å². The van der Waals surface area contributed by atoms with Crippen molar-refractivity contribution >= 4 is 28.6 Å². The average Bonchev–Trinajstić information content (AvgIpc) is 2.79. The lowest BCUT2D eigenvalue weighted by Crippen LogP contribution is -2.15. The summed E-state index contributed by atoms with van der Waals surface area (Å²) in [6.07, 6.45) is -1.93. The van der Waals surface area contributed by atoms with Crippen molar-refractivity contribution in [3.8, 4) is 11.1 Å². The highest BCUT2D eigenvalue weighted by Crippen LogP contribution is 2.32. The molecule has 0 saturated heterocycles. The zero-order valence-corrected chi connectivity index (χ0v) is 17.9. The normalized spacial score (nSPS) is 11.5. The molecule has 1 amide bonds. The van der Waals surface area contributed by atoms with Gasteiger partial charge in [-0.25, -0.2) is 9.97 Å². The van der Waals surface area contributed by atoms with E-state index in [9.17, 15) is 18.0 Å². The number of rotatable bonds is 4. The quantitative estimate of drug-likeness (QED) is 0.452. The monoisotopic (exact) mass is 452 g/mol. The molecule has 168 valence electrons. The van der Waals surface area contributed by atoms with Gasteiger partial charge in [-0.05, 0) is 55.3 Å². The molecule has 3 heterocycles. The minimum absolute atomic E-state index is 0.326. The van der Waals surface area contributed by atoms with Gasteiger partial charge in [-0.15, -0.1) is 0 Å². The van der Waals surface area contributed by atoms with Crippen molar-refractivity contribution in [2.45, 2.75) is 20.0 Å². The smallest absolute Gasteiger partial charge is 0.357 e. The van der Waals surface area contributed by atoms with Crippen LogP contribution in [0.4, 0.5) is 24.8 Å². The number of carbonyl (C=O) groups excluding carboxylic acids is 1. The fraction of sp³-hybridized carbons (Fsp3) is 0.174. The molecule has 0 bridgehead atoms. The summed E-state index contributed by atoms with van der Waals surface area (Å²) in [6, 6.07) is 8.70. The third kappa shape index (κ3) is 4.59. The Labute approximate surface area is 187 Å². The van der Waals surface area contributed by atoms with Gasteiger partial charge in [0.1, 0.15) is 5.69 Å². The number of hydrogen-bond donors (Lipinski definition) is 2. The van der Waals surface area contributed by atoms with E-state index in [-0.39, 0.29) is 5.69 Å². The Morgan fingerprint density at radius 1 is 0.970 bits per heavy atom. The summed E-state index contributed by atoms with van der Waals surface area (Å²) in [5.41, 5.74) is 3.01. The Kier molecular flexibility index (Phi) is 5.67. The van der Waals surface area contributed by atoms with Crippen LogP contribution in [0.25, 0.3) is 22.2 Å². The molecule has 2 N–H and O–H groups in total. The van der Waals surface area contributed by atoms with Crippen LogP contribution in [0.1, 0.15) is 27.3 Å². The van der Waals surface area contributed by atoms with Gasteiger partial charge in [-0.3, -0.25) is 9.78 Å². The largest absolute Gasteiger partial charge is 0.416 e. The minimum atomic E-state index is -4.56. The summed E-state index contributed by atoms with van der Waals surface area (Å²) in [5, 5.41) is 6.25. The summed E-state index contributed by atoms with van der Waals surface area (Å²) >= 11 is 0. The first-order valence-electron chi connectivity index (χ1n) is 9.93. The van der Waals surface area contributed by atoms with Crippen LogP contribution in [0, 0.1) is 13.8 Å². The molecule has 4 aromatic rings. The zero-order chi connectivity index (χ0) is 23.8. The van der Waals surface area contributed by atoms with Crippen molar-refractivity contribution in [2.75, 3.05) is 17.7 Å². The zero-order valence-electron chi connectivity index (χ0n) is 17.9. The summed E-state index contributed by atoms with van der Waals surface area (Å²) in [6.45, 7) is 3.77. The maximum Gasteiger partial charge on any atom is 0.416 e. The van der Waals surface area contributed by atoms with Gasteiger partial charge < -0.3 is 10.6 Å². The van der Waals surface area contributed by atoms with E-state index in [0.717, 1.165) is 46.1 Å². The first kappa shape index (κ1) is 22.1. The van der Waals surface area contributed by atoms with Crippen molar-refractivity contribution in [3.63, 3.8) is 0 Å². The van der Waals surface area contributed by atoms with Gasteiger partial charge in [-0.2, -0.15) is 18.2 Å². The number of halogens is 3. The number of pyridine rings is 2. The SMILES string of the molecule is CNc1ncc2cc(-c3cc(NC(=O)c4cc(C(F)(F)F)ccn4)ccc3C)c(C)nc2n1. The van der Waals surface area contributed by atoms with Gasteiger partial charge in [0, 0.05) is 41.8 Å². The fourth-order valence-electron chi connectivity index (χ4n) is 3.36. The van der Waals surface area contributed by atoms with Crippen molar-refractivity contribution in [2.24, 2.45) is 0 Å². The molecule has 4 rings (SSSR count). The molecule has 0 fully saturated rings. The molecular formula is C23H19F3N6O. The molecule has 1 aromatic carbocycles. The molecule has 0 aliphatic carbocycles. The number of aryl methyl sites for hydroxylation is 2. The standard InChI is InChI=1S/C23H19F3N6O/c1-12-4-5-16(31-21(33)19-9-15(6-7-28-19)23(24,25)26)10-17(12)18-8-14-11-29-22(27-3)32-20(14)30-13(18)2/h4-11H,1-3H3,(H,31,33)(H,27,29,30,32). The van der Waals surface area contributed by atoms with Crippen molar-refractivity contribution in [3.05, 3.63) is 71.3 Å². The first-order chi connectivity index (χ1) is 15.7. The molecule has 0 saturated carbocycles. The topological polar surface area (TPSA) is 92.7 Å². The van der Waals surface area contributed by atoms with Crippen LogP contribution in [0.3, 0.4) is 0 Å². The maximum atomic E-state index is 13.0. The van der Waals surface area contributed by atoms with E-state index in [1.165, 1.54) is 0 Å². The molecule has 0 spiro atoms. The van der Waals surface area contributed by atoms with E-state index >= 15 is 0 Å². The molecule has 7 nitrogen and oxygen atoms in total. The van der Waals surface area contributed by atoms with Gasteiger partial charge in [0.05, 0.1) is 5.56 Å². The first-order valence-corrected chi connectivity index (χ1v) is 9.93. The van der Waals surface area contributed by atoms with Gasteiger partial charge in [-0.1, -0.05) is 6.07 Å². The van der Waals surface area contributed by atoms with Crippen LogP contribution in [0.15, 0.2) is 48.8 Å².